The molecule has 13 heavy (non-hydrogen) atoms. The van der Waals surface area contributed by atoms with Crippen molar-refractivity contribution < 1.29 is 19.1 Å². The third-order valence-corrected chi connectivity index (χ3v) is 1.73. The fourth-order valence-electron chi connectivity index (χ4n) is 0.888. The summed E-state index contributed by atoms with van der Waals surface area (Å²) in [6, 6.07) is -0.231. The zero-order valence-electron chi connectivity index (χ0n) is 7.52. The molecule has 0 saturated carbocycles. The Kier molecular flexibility index (Phi) is 2.89. The largest absolute Gasteiger partial charge is 0.467 e. The van der Waals surface area contributed by atoms with Crippen molar-refractivity contribution in [1.82, 2.24) is 4.90 Å². The standard InChI is InChI=1S/C8H11NO4/c1-12-7(10)3-4-9-5-6(9)8(11)13-2/h3-4,6H,5H2,1-2H3/b4-3-. The summed E-state index contributed by atoms with van der Waals surface area (Å²) in [5.41, 5.74) is 0. The fourth-order valence-corrected chi connectivity index (χ4v) is 0.888. The lowest BCUT2D eigenvalue weighted by Crippen LogP contribution is -2.12. The van der Waals surface area contributed by atoms with Crippen LogP contribution in [0.2, 0.25) is 0 Å². The number of carbonyl (C=O) groups is 2. The van der Waals surface area contributed by atoms with Gasteiger partial charge in [0, 0.05) is 18.8 Å². The molecular formula is C8H11NO4. The molecule has 72 valence electrons. The van der Waals surface area contributed by atoms with Crippen LogP contribution in [0.4, 0.5) is 0 Å². The molecule has 5 heteroatoms. The summed E-state index contributed by atoms with van der Waals surface area (Å²) in [7, 11) is 2.63. The van der Waals surface area contributed by atoms with Gasteiger partial charge in [0.05, 0.1) is 14.2 Å². The van der Waals surface area contributed by atoms with E-state index in [0.717, 1.165) is 0 Å². The van der Waals surface area contributed by atoms with E-state index in [2.05, 4.69) is 9.47 Å². The van der Waals surface area contributed by atoms with Crippen LogP contribution in [-0.4, -0.2) is 43.6 Å². The summed E-state index contributed by atoms with van der Waals surface area (Å²) in [6.07, 6.45) is 2.79. The minimum atomic E-state index is -0.435. The first kappa shape index (κ1) is 9.57. The maximum Gasteiger partial charge on any atom is 0.331 e. The van der Waals surface area contributed by atoms with E-state index < -0.39 is 5.97 Å². The van der Waals surface area contributed by atoms with Crippen molar-refractivity contribution in [3.05, 3.63) is 12.3 Å². The Labute approximate surface area is 75.9 Å². The van der Waals surface area contributed by atoms with Gasteiger partial charge in [0.15, 0.2) is 0 Å². The van der Waals surface area contributed by atoms with Crippen LogP contribution < -0.4 is 0 Å². The average molecular weight is 185 g/mol. The highest BCUT2D eigenvalue weighted by atomic mass is 16.5. The van der Waals surface area contributed by atoms with Gasteiger partial charge in [-0.15, -0.1) is 0 Å². The lowest BCUT2D eigenvalue weighted by atomic mass is 10.5. The van der Waals surface area contributed by atoms with Crippen LogP contribution in [-0.2, 0) is 19.1 Å². The van der Waals surface area contributed by atoms with Gasteiger partial charge < -0.3 is 14.4 Å². The molecule has 5 nitrogen and oxygen atoms in total. The Morgan fingerprint density at radius 3 is 2.62 bits per heavy atom. The van der Waals surface area contributed by atoms with Gasteiger partial charge in [-0.3, -0.25) is 0 Å². The van der Waals surface area contributed by atoms with E-state index in [-0.39, 0.29) is 12.0 Å². The van der Waals surface area contributed by atoms with E-state index in [9.17, 15) is 9.59 Å². The molecule has 0 aliphatic carbocycles. The average Bonchev–Trinajstić information content (AvgIpc) is 2.92. The highest BCUT2D eigenvalue weighted by Crippen LogP contribution is 2.18. The van der Waals surface area contributed by atoms with Gasteiger partial charge in [-0.25, -0.2) is 9.59 Å². The van der Waals surface area contributed by atoms with Gasteiger partial charge in [-0.1, -0.05) is 0 Å². The van der Waals surface area contributed by atoms with E-state index in [1.807, 2.05) is 0 Å². The molecule has 1 aliphatic rings. The highest BCUT2D eigenvalue weighted by Gasteiger charge is 2.38. The Morgan fingerprint density at radius 2 is 2.08 bits per heavy atom. The monoisotopic (exact) mass is 185 g/mol. The van der Waals surface area contributed by atoms with Crippen molar-refractivity contribution in [2.75, 3.05) is 20.8 Å². The fraction of sp³-hybridized carbons (Fsp3) is 0.500. The number of nitrogens with zero attached hydrogens (tertiary/aromatic N) is 1. The predicted octanol–water partition coefficient (Wildman–Crippen LogP) is -0.470. The van der Waals surface area contributed by atoms with Crippen LogP contribution >= 0.6 is 0 Å². The van der Waals surface area contributed by atoms with Gasteiger partial charge in [0.25, 0.3) is 0 Å². The molecule has 1 unspecified atom stereocenters. The maximum atomic E-state index is 10.9. The SMILES string of the molecule is COC(=O)/C=C\N1CC1C(=O)OC. The summed E-state index contributed by atoms with van der Waals surface area (Å²) in [5, 5.41) is 0. The molecule has 0 N–H and O–H groups in total. The zero-order chi connectivity index (χ0) is 9.84. The first-order valence-corrected chi connectivity index (χ1v) is 3.78. The Hall–Kier alpha value is -1.52. The Balaban J connectivity index is 2.32. The molecule has 0 amide bonds. The smallest absolute Gasteiger partial charge is 0.331 e. The lowest BCUT2D eigenvalue weighted by Gasteiger charge is -1.96. The van der Waals surface area contributed by atoms with Crippen LogP contribution in [0.1, 0.15) is 0 Å². The first-order valence-electron chi connectivity index (χ1n) is 3.78. The Morgan fingerprint density at radius 1 is 1.38 bits per heavy atom. The van der Waals surface area contributed by atoms with Crippen molar-refractivity contribution in [1.29, 1.82) is 0 Å². The number of esters is 2. The molecule has 1 heterocycles. The number of hydrogen-bond acceptors (Lipinski definition) is 5. The van der Waals surface area contributed by atoms with Gasteiger partial charge in [0.1, 0.15) is 6.04 Å². The van der Waals surface area contributed by atoms with Crippen molar-refractivity contribution in [3.63, 3.8) is 0 Å². The highest BCUT2D eigenvalue weighted by molar-refractivity contribution is 5.83. The molecule has 0 aromatic rings. The molecule has 0 spiro atoms. The van der Waals surface area contributed by atoms with Gasteiger partial charge >= 0.3 is 11.9 Å². The van der Waals surface area contributed by atoms with E-state index in [1.54, 1.807) is 4.90 Å². The quantitative estimate of drug-likeness (QED) is 0.338. The Bertz CT molecular complexity index is 249. The molecule has 0 radical (unpaired) electrons. The van der Waals surface area contributed by atoms with Gasteiger partial charge in [-0.2, -0.15) is 0 Å². The van der Waals surface area contributed by atoms with E-state index >= 15 is 0 Å². The molecule has 1 aliphatic heterocycles. The number of methoxy groups -OCH3 is 2. The van der Waals surface area contributed by atoms with Crippen LogP contribution in [0.3, 0.4) is 0 Å². The number of carbonyl (C=O) groups excluding carboxylic acids is 2. The van der Waals surface area contributed by atoms with Crippen LogP contribution in [0.25, 0.3) is 0 Å². The number of rotatable bonds is 3. The summed E-state index contributed by atoms with van der Waals surface area (Å²) in [5.74, 6) is -0.718. The van der Waals surface area contributed by atoms with Crippen molar-refractivity contribution >= 4 is 11.9 Å². The second-order valence-electron chi connectivity index (χ2n) is 2.57. The van der Waals surface area contributed by atoms with E-state index in [0.29, 0.717) is 6.54 Å². The third kappa shape index (κ3) is 2.47. The molecule has 1 rings (SSSR count). The topological polar surface area (TPSA) is 55.6 Å². The summed E-state index contributed by atoms with van der Waals surface area (Å²) in [6.45, 7) is 0.597. The molecule has 0 aromatic carbocycles. The predicted molar refractivity (Wildman–Crippen MR) is 43.7 cm³/mol. The minimum Gasteiger partial charge on any atom is -0.467 e. The van der Waals surface area contributed by atoms with Crippen LogP contribution in [0, 0.1) is 0 Å². The minimum absolute atomic E-state index is 0.231. The van der Waals surface area contributed by atoms with Crippen LogP contribution in [0.5, 0.6) is 0 Å². The van der Waals surface area contributed by atoms with Gasteiger partial charge in [0.2, 0.25) is 0 Å². The molecular weight excluding hydrogens is 174 g/mol. The molecule has 1 saturated heterocycles. The third-order valence-electron chi connectivity index (χ3n) is 1.73. The van der Waals surface area contributed by atoms with Crippen molar-refractivity contribution in [2.24, 2.45) is 0 Å². The first-order chi connectivity index (χ1) is 6.19. The van der Waals surface area contributed by atoms with E-state index in [4.69, 9.17) is 0 Å². The van der Waals surface area contributed by atoms with E-state index in [1.165, 1.54) is 26.5 Å². The molecule has 0 bridgehead atoms. The van der Waals surface area contributed by atoms with Crippen LogP contribution in [0.15, 0.2) is 12.3 Å². The second kappa shape index (κ2) is 3.93. The molecule has 1 fully saturated rings. The molecule has 0 aromatic heterocycles. The summed E-state index contributed by atoms with van der Waals surface area (Å²) < 4.78 is 8.89. The van der Waals surface area contributed by atoms with Crippen molar-refractivity contribution in [2.45, 2.75) is 6.04 Å². The summed E-state index contributed by atoms with van der Waals surface area (Å²) in [4.78, 5) is 23.2. The normalized spacial score (nSPS) is 20.2. The van der Waals surface area contributed by atoms with Crippen molar-refractivity contribution in [3.8, 4) is 0 Å². The second-order valence-corrected chi connectivity index (χ2v) is 2.57. The zero-order valence-corrected chi connectivity index (χ0v) is 7.52. The number of hydrogen-bond donors (Lipinski definition) is 0. The molecule has 1 atom stereocenters. The lowest BCUT2D eigenvalue weighted by molar-refractivity contribution is -0.140. The summed E-state index contributed by atoms with van der Waals surface area (Å²) >= 11 is 0. The maximum absolute atomic E-state index is 10.9. The number of ether oxygens (including phenoxy) is 2. The van der Waals surface area contributed by atoms with Gasteiger partial charge in [-0.05, 0) is 0 Å².